The molecule has 0 aliphatic rings. The fraction of sp³-hybridized carbons (Fsp3) is 0. The second kappa shape index (κ2) is 2.54. The predicted molar refractivity (Wildman–Crippen MR) is 48.5 cm³/mol. The molecule has 0 saturated carbocycles. The molecule has 11 heavy (non-hydrogen) atoms. The van der Waals surface area contributed by atoms with E-state index in [9.17, 15) is 0 Å². The molecule has 3 heteroatoms. The Hall–Kier alpha value is -1.64. The van der Waals surface area contributed by atoms with Crippen LogP contribution >= 0.6 is 0 Å². The second-order valence-corrected chi connectivity index (χ2v) is 2.37. The van der Waals surface area contributed by atoms with Gasteiger partial charge in [0.25, 0.3) is 0 Å². The average Bonchev–Trinajstić information content (AvgIpc) is 1.94. The standard InChI is InChI=1S/C8H11N3/c1-5(9)6-2-3-7(10)8(11)4-6/h2-4H,1,9-11H2. The Bertz CT molecular complexity index is 291. The molecule has 0 unspecified atom stereocenters. The molecular weight excluding hydrogens is 138 g/mol. The Morgan fingerprint density at radius 3 is 2.27 bits per heavy atom. The van der Waals surface area contributed by atoms with Gasteiger partial charge >= 0.3 is 0 Å². The number of nitrogen functional groups attached to an aromatic ring is 2. The fourth-order valence-corrected chi connectivity index (χ4v) is 0.774. The van der Waals surface area contributed by atoms with Crippen molar-refractivity contribution in [1.29, 1.82) is 0 Å². The van der Waals surface area contributed by atoms with E-state index >= 15 is 0 Å². The summed E-state index contributed by atoms with van der Waals surface area (Å²) < 4.78 is 0. The summed E-state index contributed by atoms with van der Waals surface area (Å²) in [5, 5.41) is 0. The zero-order chi connectivity index (χ0) is 8.43. The molecule has 0 atom stereocenters. The largest absolute Gasteiger partial charge is 0.399 e. The van der Waals surface area contributed by atoms with Crippen LogP contribution in [-0.4, -0.2) is 0 Å². The maximum absolute atomic E-state index is 5.54. The van der Waals surface area contributed by atoms with Gasteiger partial charge in [-0.2, -0.15) is 0 Å². The van der Waals surface area contributed by atoms with E-state index in [2.05, 4.69) is 6.58 Å². The monoisotopic (exact) mass is 149 g/mol. The number of nitrogens with two attached hydrogens (primary N) is 3. The van der Waals surface area contributed by atoms with Gasteiger partial charge in [-0.05, 0) is 17.7 Å². The molecule has 3 nitrogen and oxygen atoms in total. The summed E-state index contributed by atoms with van der Waals surface area (Å²) in [5.74, 6) is 0. The summed E-state index contributed by atoms with van der Waals surface area (Å²) in [4.78, 5) is 0. The molecule has 0 amide bonds. The fourth-order valence-electron chi connectivity index (χ4n) is 0.774. The van der Waals surface area contributed by atoms with Gasteiger partial charge in [0.05, 0.1) is 11.4 Å². The van der Waals surface area contributed by atoms with Crippen LogP contribution in [0.3, 0.4) is 0 Å². The first-order chi connectivity index (χ1) is 5.11. The quantitative estimate of drug-likeness (QED) is 0.516. The lowest BCUT2D eigenvalue weighted by atomic mass is 10.1. The van der Waals surface area contributed by atoms with Gasteiger partial charge < -0.3 is 17.2 Å². The predicted octanol–water partition coefficient (Wildman–Crippen LogP) is 0.780. The highest BCUT2D eigenvalue weighted by Gasteiger charge is 1.96. The van der Waals surface area contributed by atoms with Crippen molar-refractivity contribution in [3.05, 3.63) is 30.3 Å². The van der Waals surface area contributed by atoms with E-state index < -0.39 is 0 Å². The van der Waals surface area contributed by atoms with E-state index in [1.807, 2.05) is 0 Å². The van der Waals surface area contributed by atoms with Gasteiger partial charge in [0.15, 0.2) is 0 Å². The molecule has 58 valence electrons. The lowest BCUT2D eigenvalue weighted by Gasteiger charge is -2.03. The van der Waals surface area contributed by atoms with Crippen LogP contribution in [0.4, 0.5) is 11.4 Å². The van der Waals surface area contributed by atoms with Crippen molar-refractivity contribution in [3.63, 3.8) is 0 Å². The van der Waals surface area contributed by atoms with Crippen LogP contribution in [0.25, 0.3) is 5.70 Å². The van der Waals surface area contributed by atoms with Crippen molar-refractivity contribution < 1.29 is 0 Å². The molecule has 0 heterocycles. The van der Waals surface area contributed by atoms with Crippen molar-refractivity contribution in [1.82, 2.24) is 0 Å². The Morgan fingerprint density at radius 1 is 1.18 bits per heavy atom. The van der Waals surface area contributed by atoms with Gasteiger partial charge in [-0.25, -0.2) is 0 Å². The van der Waals surface area contributed by atoms with E-state index in [-0.39, 0.29) is 0 Å². The first-order valence-corrected chi connectivity index (χ1v) is 3.21. The van der Waals surface area contributed by atoms with Crippen molar-refractivity contribution in [2.24, 2.45) is 5.73 Å². The summed E-state index contributed by atoms with van der Waals surface area (Å²) in [6.07, 6.45) is 0. The SMILES string of the molecule is C=C(N)c1ccc(N)c(N)c1. The minimum atomic E-state index is 0.497. The van der Waals surface area contributed by atoms with Gasteiger partial charge in [0.2, 0.25) is 0 Å². The normalized spacial score (nSPS) is 9.45. The van der Waals surface area contributed by atoms with Crippen LogP contribution in [0, 0.1) is 0 Å². The van der Waals surface area contributed by atoms with E-state index in [1.54, 1.807) is 18.2 Å². The molecule has 0 aliphatic carbocycles. The highest BCUT2D eigenvalue weighted by Crippen LogP contribution is 2.18. The van der Waals surface area contributed by atoms with Crippen LogP contribution in [0.2, 0.25) is 0 Å². The van der Waals surface area contributed by atoms with E-state index in [0.717, 1.165) is 5.56 Å². The van der Waals surface area contributed by atoms with Gasteiger partial charge in [0.1, 0.15) is 0 Å². The summed E-state index contributed by atoms with van der Waals surface area (Å²) in [6, 6.07) is 5.20. The summed E-state index contributed by atoms with van der Waals surface area (Å²) >= 11 is 0. The molecule has 0 bridgehead atoms. The Balaban J connectivity index is 3.15. The zero-order valence-corrected chi connectivity index (χ0v) is 6.17. The highest BCUT2D eigenvalue weighted by atomic mass is 14.7. The first-order valence-electron chi connectivity index (χ1n) is 3.21. The van der Waals surface area contributed by atoms with E-state index in [4.69, 9.17) is 17.2 Å². The maximum Gasteiger partial charge on any atom is 0.0554 e. The molecule has 1 aromatic rings. The Labute approximate surface area is 65.5 Å². The molecule has 0 saturated heterocycles. The number of benzene rings is 1. The van der Waals surface area contributed by atoms with Crippen LogP contribution in [-0.2, 0) is 0 Å². The zero-order valence-electron chi connectivity index (χ0n) is 6.17. The Morgan fingerprint density at radius 2 is 1.82 bits per heavy atom. The maximum atomic E-state index is 5.54. The average molecular weight is 149 g/mol. The van der Waals surface area contributed by atoms with Crippen LogP contribution in [0.1, 0.15) is 5.56 Å². The summed E-state index contributed by atoms with van der Waals surface area (Å²) in [7, 11) is 0. The molecule has 6 N–H and O–H groups in total. The minimum absolute atomic E-state index is 0.497. The van der Waals surface area contributed by atoms with Gasteiger partial charge in [-0.3, -0.25) is 0 Å². The molecular formula is C8H11N3. The molecule has 0 radical (unpaired) electrons. The summed E-state index contributed by atoms with van der Waals surface area (Å²) in [6.45, 7) is 3.58. The minimum Gasteiger partial charge on any atom is -0.399 e. The number of anilines is 2. The van der Waals surface area contributed by atoms with Crippen molar-refractivity contribution in [2.75, 3.05) is 11.5 Å². The van der Waals surface area contributed by atoms with Gasteiger partial charge in [0, 0.05) is 5.70 Å². The second-order valence-electron chi connectivity index (χ2n) is 2.37. The van der Waals surface area contributed by atoms with E-state index in [1.165, 1.54) is 0 Å². The Kier molecular flexibility index (Phi) is 1.72. The number of hydrogen-bond donors (Lipinski definition) is 3. The molecule has 1 aromatic carbocycles. The lowest BCUT2D eigenvalue weighted by Crippen LogP contribution is -1.98. The third-order valence-corrected chi connectivity index (χ3v) is 1.46. The third kappa shape index (κ3) is 1.43. The van der Waals surface area contributed by atoms with Crippen molar-refractivity contribution >= 4 is 17.1 Å². The third-order valence-electron chi connectivity index (χ3n) is 1.46. The van der Waals surface area contributed by atoms with Crippen LogP contribution in [0.15, 0.2) is 24.8 Å². The highest BCUT2D eigenvalue weighted by molar-refractivity contribution is 5.71. The number of hydrogen-bond acceptors (Lipinski definition) is 3. The van der Waals surface area contributed by atoms with Gasteiger partial charge in [-0.15, -0.1) is 0 Å². The van der Waals surface area contributed by atoms with Crippen LogP contribution < -0.4 is 17.2 Å². The summed E-state index contributed by atoms with van der Waals surface area (Å²) in [5.41, 5.74) is 18.9. The molecule has 1 rings (SSSR count). The van der Waals surface area contributed by atoms with Crippen LogP contribution in [0.5, 0.6) is 0 Å². The number of rotatable bonds is 1. The van der Waals surface area contributed by atoms with Crippen molar-refractivity contribution in [2.45, 2.75) is 0 Å². The first kappa shape index (κ1) is 7.47. The molecule has 0 fully saturated rings. The lowest BCUT2D eigenvalue weighted by molar-refractivity contribution is 1.53. The molecule has 0 spiro atoms. The van der Waals surface area contributed by atoms with E-state index in [0.29, 0.717) is 17.1 Å². The molecule has 0 aromatic heterocycles. The smallest absolute Gasteiger partial charge is 0.0554 e. The van der Waals surface area contributed by atoms with Crippen molar-refractivity contribution in [3.8, 4) is 0 Å². The molecule has 0 aliphatic heterocycles. The van der Waals surface area contributed by atoms with Gasteiger partial charge in [-0.1, -0.05) is 12.6 Å². The topological polar surface area (TPSA) is 78.1 Å².